The molecule has 2 aromatic carbocycles. The van der Waals surface area contributed by atoms with Crippen LogP contribution in [0.2, 0.25) is 0 Å². The van der Waals surface area contributed by atoms with Crippen LogP contribution in [0, 0.1) is 6.92 Å². The second-order valence-electron chi connectivity index (χ2n) is 6.09. The normalized spacial score (nSPS) is 12.7. The van der Waals surface area contributed by atoms with Crippen molar-refractivity contribution in [2.75, 3.05) is 14.1 Å². The quantitative estimate of drug-likeness (QED) is 0.573. The Morgan fingerprint density at radius 3 is 2.19 bits per heavy atom. The van der Waals surface area contributed by atoms with Crippen molar-refractivity contribution in [3.63, 3.8) is 0 Å². The van der Waals surface area contributed by atoms with Crippen LogP contribution in [0.4, 0.5) is 0 Å². The molecule has 138 valence electrons. The molecule has 0 amide bonds. The molecule has 0 aliphatic rings. The van der Waals surface area contributed by atoms with Crippen LogP contribution in [0.25, 0.3) is 0 Å². The molecule has 2 aromatic rings. The van der Waals surface area contributed by atoms with E-state index in [1.807, 2.05) is 6.92 Å². The molecule has 0 spiro atoms. The van der Waals surface area contributed by atoms with Gasteiger partial charge in [-0.2, -0.15) is 0 Å². The van der Waals surface area contributed by atoms with Crippen molar-refractivity contribution < 1.29 is 22.7 Å². The maximum absolute atomic E-state index is 12.4. The highest BCUT2D eigenvalue weighted by Gasteiger charge is 2.22. The Labute approximate surface area is 153 Å². The average molecular weight is 375 g/mol. The number of hydrogen-bond donors (Lipinski definition) is 0. The van der Waals surface area contributed by atoms with E-state index >= 15 is 0 Å². The fraction of sp³-hybridized carbons (Fsp3) is 0.263. The van der Waals surface area contributed by atoms with E-state index in [4.69, 9.17) is 4.74 Å². The van der Waals surface area contributed by atoms with E-state index in [9.17, 15) is 18.0 Å². The van der Waals surface area contributed by atoms with Crippen molar-refractivity contribution in [2.24, 2.45) is 0 Å². The number of rotatable bonds is 6. The van der Waals surface area contributed by atoms with Crippen molar-refractivity contribution >= 4 is 21.8 Å². The first-order valence-electron chi connectivity index (χ1n) is 7.97. The van der Waals surface area contributed by atoms with Crippen LogP contribution < -0.4 is 0 Å². The number of benzene rings is 2. The Morgan fingerprint density at radius 2 is 1.62 bits per heavy atom. The summed E-state index contributed by atoms with van der Waals surface area (Å²) in [6, 6.07) is 12.5. The van der Waals surface area contributed by atoms with E-state index in [0.717, 1.165) is 9.87 Å². The van der Waals surface area contributed by atoms with Gasteiger partial charge in [-0.3, -0.25) is 4.79 Å². The summed E-state index contributed by atoms with van der Waals surface area (Å²) >= 11 is 0. The van der Waals surface area contributed by atoms with Gasteiger partial charge in [0.05, 0.1) is 10.5 Å². The van der Waals surface area contributed by atoms with Crippen LogP contribution in [0.5, 0.6) is 0 Å². The Morgan fingerprint density at radius 1 is 1.00 bits per heavy atom. The zero-order chi connectivity index (χ0) is 19.5. The molecule has 2 rings (SSSR count). The highest BCUT2D eigenvalue weighted by atomic mass is 32.2. The number of esters is 1. The molecule has 0 N–H and O–H groups in total. The second kappa shape index (κ2) is 7.80. The maximum atomic E-state index is 12.4. The SMILES string of the molecule is Cc1ccc(C(=O)[C@H](C)OC(=O)c2cccc(S(=O)(=O)N(C)C)c2)cc1. The molecule has 0 aliphatic carbocycles. The van der Waals surface area contributed by atoms with Crippen LogP contribution in [0.1, 0.15) is 33.2 Å². The van der Waals surface area contributed by atoms with Gasteiger partial charge < -0.3 is 4.74 Å². The molecule has 0 saturated carbocycles. The summed E-state index contributed by atoms with van der Waals surface area (Å²) in [5, 5.41) is 0. The predicted molar refractivity (Wildman–Crippen MR) is 97.7 cm³/mol. The number of hydrogen-bond acceptors (Lipinski definition) is 5. The molecule has 0 fully saturated rings. The summed E-state index contributed by atoms with van der Waals surface area (Å²) in [4.78, 5) is 24.7. The monoisotopic (exact) mass is 375 g/mol. The Balaban J connectivity index is 2.17. The standard InChI is InChI=1S/C19H21NO5S/c1-13-8-10-15(11-9-13)18(21)14(2)25-19(22)16-6-5-7-17(12-16)26(23,24)20(3)4/h5-12,14H,1-4H3/t14-/m0/s1. The highest BCUT2D eigenvalue weighted by Crippen LogP contribution is 2.17. The zero-order valence-corrected chi connectivity index (χ0v) is 15.9. The highest BCUT2D eigenvalue weighted by molar-refractivity contribution is 7.89. The molecule has 6 nitrogen and oxygen atoms in total. The van der Waals surface area contributed by atoms with Crippen LogP contribution in [-0.4, -0.2) is 44.7 Å². The molecule has 7 heteroatoms. The maximum Gasteiger partial charge on any atom is 0.338 e. The molecule has 0 aromatic heterocycles. The number of aryl methyl sites for hydroxylation is 1. The van der Waals surface area contributed by atoms with Crippen LogP contribution in [0.15, 0.2) is 53.4 Å². The number of ketones is 1. The molecule has 0 saturated heterocycles. The van der Waals surface area contributed by atoms with E-state index in [1.165, 1.54) is 45.3 Å². The lowest BCUT2D eigenvalue weighted by molar-refractivity contribution is 0.0318. The zero-order valence-electron chi connectivity index (χ0n) is 15.1. The lowest BCUT2D eigenvalue weighted by Crippen LogP contribution is -2.25. The number of sulfonamides is 1. The first-order valence-corrected chi connectivity index (χ1v) is 9.41. The fourth-order valence-corrected chi connectivity index (χ4v) is 3.18. The van der Waals surface area contributed by atoms with Crippen LogP contribution in [0.3, 0.4) is 0 Å². The third-order valence-electron chi connectivity index (χ3n) is 3.84. The molecule has 0 heterocycles. The van der Waals surface area contributed by atoms with Crippen molar-refractivity contribution in [3.05, 3.63) is 65.2 Å². The van der Waals surface area contributed by atoms with Gasteiger partial charge in [-0.25, -0.2) is 17.5 Å². The van der Waals surface area contributed by atoms with Crippen molar-refractivity contribution in [3.8, 4) is 0 Å². The van der Waals surface area contributed by atoms with E-state index in [2.05, 4.69) is 0 Å². The van der Waals surface area contributed by atoms with Gasteiger partial charge in [0.1, 0.15) is 0 Å². The van der Waals surface area contributed by atoms with Gasteiger partial charge in [0.25, 0.3) is 0 Å². The van der Waals surface area contributed by atoms with Crippen LogP contribution >= 0.6 is 0 Å². The van der Waals surface area contributed by atoms with Crippen LogP contribution in [-0.2, 0) is 14.8 Å². The summed E-state index contributed by atoms with van der Waals surface area (Å²) in [6.07, 6.45) is -0.987. The Kier molecular flexibility index (Phi) is 5.94. The average Bonchev–Trinajstić information content (AvgIpc) is 2.61. The smallest absolute Gasteiger partial charge is 0.338 e. The minimum atomic E-state index is -3.67. The minimum Gasteiger partial charge on any atom is -0.451 e. The number of Topliss-reactive ketones (excluding diaryl/α,β-unsaturated/α-hetero) is 1. The van der Waals surface area contributed by atoms with Crippen molar-refractivity contribution in [2.45, 2.75) is 24.8 Å². The van der Waals surface area contributed by atoms with Gasteiger partial charge >= 0.3 is 5.97 Å². The number of ether oxygens (including phenoxy) is 1. The minimum absolute atomic E-state index is 0.0190. The summed E-state index contributed by atoms with van der Waals surface area (Å²) < 4.78 is 30.6. The number of nitrogens with zero attached hydrogens (tertiary/aromatic N) is 1. The molecule has 0 bridgehead atoms. The molecule has 26 heavy (non-hydrogen) atoms. The lowest BCUT2D eigenvalue weighted by Gasteiger charge is -2.14. The topological polar surface area (TPSA) is 80.8 Å². The van der Waals surface area contributed by atoms with Gasteiger partial charge in [0.15, 0.2) is 6.10 Å². The van der Waals surface area contributed by atoms with Crippen molar-refractivity contribution in [1.29, 1.82) is 0 Å². The molecule has 0 aliphatic heterocycles. The van der Waals surface area contributed by atoms with Gasteiger partial charge in [-0.15, -0.1) is 0 Å². The van der Waals surface area contributed by atoms with Gasteiger partial charge in [0.2, 0.25) is 15.8 Å². The summed E-state index contributed by atoms with van der Waals surface area (Å²) in [5.74, 6) is -1.08. The fourth-order valence-electron chi connectivity index (χ4n) is 2.23. The van der Waals surface area contributed by atoms with Gasteiger partial charge in [-0.1, -0.05) is 35.9 Å². The molecule has 1 atom stereocenters. The van der Waals surface area contributed by atoms with Gasteiger partial charge in [-0.05, 0) is 32.0 Å². The third kappa shape index (κ3) is 4.36. The first kappa shape index (κ1) is 19.8. The largest absolute Gasteiger partial charge is 0.451 e. The predicted octanol–water partition coefficient (Wildman–Crippen LogP) is 2.67. The molecule has 0 radical (unpaired) electrons. The summed E-state index contributed by atoms with van der Waals surface area (Å²) in [5.41, 5.74) is 1.53. The number of carbonyl (C=O) groups is 2. The second-order valence-corrected chi connectivity index (χ2v) is 8.24. The van der Waals surface area contributed by atoms with E-state index < -0.39 is 22.1 Å². The third-order valence-corrected chi connectivity index (χ3v) is 5.65. The molecule has 0 unspecified atom stereocenters. The molecular weight excluding hydrogens is 354 g/mol. The van der Waals surface area contributed by atoms with Crippen molar-refractivity contribution in [1.82, 2.24) is 4.31 Å². The van der Waals surface area contributed by atoms with E-state index in [0.29, 0.717) is 5.56 Å². The Hall–Kier alpha value is -2.51. The molecular formula is C19H21NO5S. The summed E-state index contributed by atoms with van der Waals surface area (Å²) in [7, 11) is -0.855. The number of carbonyl (C=O) groups excluding carboxylic acids is 2. The summed E-state index contributed by atoms with van der Waals surface area (Å²) in [6.45, 7) is 3.40. The van der Waals surface area contributed by atoms with Gasteiger partial charge in [0, 0.05) is 19.7 Å². The lowest BCUT2D eigenvalue weighted by atomic mass is 10.1. The van der Waals surface area contributed by atoms with E-state index in [1.54, 1.807) is 24.3 Å². The van der Waals surface area contributed by atoms with E-state index in [-0.39, 0.29) is 16.2 Å². The first-order chi connectivity index (χ1) is 12.1. The Bertz CT molecular complexity index is 917.